The molecule has 0 N–H and O–H groups in total. The van der Waals surface area contributed by atoms with Crippen LogP contribution < -0.4 is 0 Å². The summed E-state index contributed by atoms with van der Waals surface area (Å²) in [5, 5.41) is 1.18. The molecule has 3 heterocycles. The van der Waals surface area contributed by atoms with Gasteiger partial charge < -0.3 is 4.90 Å². The van der Waals surface area contributed by atoms with Gasteiger partial charge in [0.2, 0.25) is 0 Å². The van der Waals surface area contributed by atoms with Crippen LogP contribution in [0.3, 0.4) is 0 Å². The van der Waals surface area contributed by atoms with Gasteiger partial charge in [0.25, 0.3) is 5.91 Å². The first-order valence-corrected chi connectivity index (χ1v) is 8.82. The van der Waals surface area contributed by atoms with Gasteiger partial charge in [-0.3, -0.25) is 14.8 Å². The number of hydrogen-bond donors (Lipinski definition) is 0. The Morgan fingerprint density at radius 1 is 1.16 bits per heavy atom. The van der Waals surface area contributed by atoms with Gasteiger partial charge in [0.1, 0.15) is 0 Å². The first-order chi connectivity index (χ1) is 12.3. The summed E-state index contributed by atoms with van der Waals surface area (Å²) in [6, 6.07) is 14.2. The van der Waals surface area contributed by atoms with Crippen molar-refractivity contribution >= 4 is 16.8 Å². The van der Waals surface area contributed by atoms with Crippen LogP contribution in [0.25, 0.3) is 10.9 Å². The minimum absolute atomic E-state index is 0.0977. The average molecular weight is 331 g/mol. The number of aromatic nitrogens is 2. The third-order valence-electron chi connectivity index (χ3n) is 4.91. The standard InChI is InChI=1S/C21H21N3O/c25-21(19-6-1-9-22-14-19)24-11-3-4-17(15-24)12-16-7-8-20-18(13-16)5-2-10-23-20/h1-2,5-10,13-14,17H,3-4,11-12,15H2. The Labute approximate surface area is 147 Å². The predicted octanol–water partition coefficient (Wildman–Crippen LogP) is 3.72. The summed E-state index contributed by atoms with van der Waals surface area (Å²) in [5.74, 6) is 0.601. The lowest BCUT2D eigenvalue weighted by Gasteiger charge is -2.33. The number of fused-ring (bicyclic) bond motifs is 1. The SMILES string of the molecule is O=C(c1cccnc1)N1CCCC(Cc2ccc3ncccc3c2)C1. The summed E-state index contributed by atoms with van der Waals surface area (Å²) in [4.78, 5) is 23.1. The average Bonchev–Trinajstić information content (AvgIpc) is 2.68. The highest BCUT2D eigenvalue weighted by molar-refractivity contribution is 5.93. The molecular weight excluding hydrogens is 310 g/mol. The lowest BCUT2D eigenvalue weighted by atomic mass is 9.90. The van der Waals surface area contributed by atoms with E-state index in [-0.39, 0.29) is 5.91 Å². The number of piperidine rings is 1. The molecule has 1 atom stereocenters. The molecule has 4 rings (SSSR count). The maximum atomic E-state index is 12.7. The van der Waals surface area contributed by atoms with Crippen LogP contribution in [0.15, 0.2) is 61.1 Å². The lowest BCUT2D eigenvalue weighted by molar-refractivity contribution is 0.0673. The second-order valence-electron chi connectivity index (χ2n) is 6.74. The Kier molecular flexibility index (Phi) is 4.42. The van der Waals surface area contributed by atoms with Crippen molar-refractivity contribution in [2.24, 2.45) is 5.92 Å². The van der Waals surface area contributed by atoms with Crippen LogP contribution in [-0.2, 0) is 6.42 Å². The van der Waals surface area contributed by atoms with Crippen LogP contribution in [0.1, 0.15) is 28.8 Å². The smallest absolute Gasteiger partial charge is 0.255 e. The molecule has 1 unspecified atom stereocenters. The highest BCUT2D eigenvalue weighted by Crippen LogP contribution is 2.23. The Bertz CT molecular complexity index is 878. The summed E-state index contributed by atoms with van der Waals surface area (Å²) in [6.07, 6.45) is 8.41. The predicted molar refractivity (Wildman–Crippen MR) is 98.3 cm³/mol. The van der Waals surface area contributed by atoms with Crippen molar-refractivity contribution in [3.8, 4) is 0 Å². The van der Waals surface area contributed by atoms with E-state index in [9.17, 15) is 4.79 Å². The van der Waals surface area contributed by atoms with Crippen LogP contribution in [0, 0.1) is 5.92 Å². The lowest BCUT2D eigenvalue weighted by Crippen LogP contribution is -2.40. The molecule has 1 aliphatic rings. The van der Waals surface area contributed by atoms with Crippen molar-refractivity contribution < 1.29 is 4.79 Å². The van der Waals surface area contributed by atoms with Gasteiger partial charge in [-0.15, -0.1) is 0 Å². The third kappa shape index (κ3) is 3.53. The van der Waals surface area contributed by atoms with E-state index in [4.69, 9.17) is 0 Å². The van der Waals surface area contributed by atoms with Crippen LogP contribution in [-0.4, -0.2) is 33.9 Å². The molecule has 4 heteroatoms. The van der Waals surface area contributed by atoms with Gasteiger partial charge in [0.05, 0.1) is 11.1 Å². The second-order valence-corrected chi connectivity index (χ2v) is 6.74. The zero-order chi connectivity index (χ0) is 17.1. The van der Waals surface area contributed by atoms with Crippen molar-refractivity contribution in [3.05, 3.63) is 72.2 Å². The Morgan fingerprint density at radius 2 is 2.08 bits per heavy atom. The van der Waals surface area contributed by atoms with E-state index in [1.54, 1.807) is 12.4 Å². The fourth-order valence-electron chi connectivity index (χ4n) is 3.67. The van der Waals surface area contributed by atoms with E-state index in [1.165, 1.54) is 17.4 Å². The molecule has 4 nitrogen and oxygen atoms in total. The fourth-order valence-corrected chi connectivity index (χ4v) is 3.67. The Hall–Kier alpha value is -2.75. The van der Waals surface area contributed by atoms with Gasteiger partial charge in [0.15, 0.2) is 0 Å². The zero-order valence-electron chi connectivity index (χ0n) is 14.1. The number of rotatable bonds is 3. The van der Waals surface area contributed by atoms with Gasteiger partial charge in [-0.05, 0) is 61.1 Å². The number of carbonyl (C=O) groups excluding carboxylic acids is 1. The van der Waals surface area contributed by atoms with Gasteiger partial charge in [-0.25, -0.2) is 0 Å². The van der Waals surface area contributed by atoms with Gasteiger partial charge in [-0.1, -0.05) is 12.1 Å². The molecule has 1 aliphatic heterocycles. The van der Waals surface area contributed by atoms with Gasteiger partial charge in [0, 0.05) is 37.1 Å². The highest BCUT2D eigenvalue weighted by atomic mass is 16.2. The summed E-state index contributed by atoms with van der Waals surface area (Å²) >= 11 is 0. The molecule has 3 aromatic rings. The van der Waals surface area contributed by atoms with Crippen LogP contribution in [0.2, 0.25) is 0 Å². The summed E-state index contributed by atoms with van der Waals surface area (Å²) in [6.45, 7) is 1.66. The number of nitrogens with zero attached hydrogens (tertiary/aromatic N) is 3. The first-order valence-electron chi connectivity index (χ1n) is 8.82. The van der Waals surface area contributed by atoms with E-state index in [2.05, 4.69) is 34.2 Å². The quantitative estimate of drug-likeness (QED) is 0.735. The van der Waals surface area contributed by atoms with Crippen LogP contribution in [0.5, 0.6) is 0 Å². The van der Waals surface area contributed by atoms with E-state index in [1.807, 2.05) is 29.3 Å². The van der Waals surface area contributed by atoms with Crippen molar-refractivity contribution in [3.63, 3.8) is 0 Å². The number of hydrogen-bond acceptors (Lipinski definition) is 3. The minimum atomic E-state index is 0.0977. The van der Waals surface area contributed by atoms with Gasteiger partial charge >= 0.3 is 0 Å². The van der Waals surface area contributed by atoms with Crippen molar-refractivity contribution in [2.75, 3.05) is 13.1 Å². The molecule has 126 valence electrons. The Morgan fingerprint density at radius 3 is 2.96 bits per heavy atom. The maximum absolute atomic E-state index is 12.7. The number of carbonyl (C=O) groups is 1. The largest absolute Gasteiger partial charge is 0.338 e. The number of amides is 1. The van der Waals surface area contributed by atoms with E-state index < -0.39 is 0 Å². The highest BCUT2D eigenvalue weighted by Gasteiger charge is 2.24. The normalized spacial score (nSPS) is 17.6. The molecule has 2 aromatic heterocycles. The first kappa shape index (κ1) is 15.8. The minimum Gasteiger partial charge on any atom is -0.338 e. The monoisotopic (exact) mass is 331 g/mol. The number of benzene rings is 1. The van der Waals surface area contributed by atoms with Gasteiger partial charge in [-0.2, -0.15) is 0 Å². The molecule has 1 saturated heterocycles. The molecule has 25 heavy (non-hydrogen) atoms. The summed E-state index contributed by atoms with van der Waals surface area (Å²) in [5.41, 5.74) is 3.03. The third-order valence-corrected chi connectivity index (χ3v) is 4.91. The molecular formula is C21H21N3O. The molecule has 0 saturated carbocycles. The molecule has 1 amide bonds. The molecule has 0 radical (unpaired) electrons. The van der Waals surface area contributed by atoms with Crippen molar-refractivity contribution in [2.45, 2.75) is 19.3 Å². The second kappa shape index (κ2) is 7.01. The van der Waals surface area contributed by atoms with E-state index >= 15 is 0 Å². The molecule has 0 aliphatic carbocycles. The summed E-state index contributed by atoms with van der Waals surface area (Å²) < 4.78 is 0. The Balaban J connectivity index is 1.46. The topological polar surface area (TPSA) is 46.1 Å². The fraction of sp³-hybridized carbons (Fsp3) is 0.286. The number of pyridine rings is 2. The number of likely N-dealkylation sites (tertiary alicyclic amines) is 1. The molecule has 1 fully saturated rings. The molecule has 0 spiro atoms. The van der Waals surface area contributed by atoms with Crippen molar-refractivity contribution in [1.29, 1.82) is 0 Å². The summed E-state index contributed by atoms with van der Waals surface area (Å²) in [7, 11) is 0. The van der Waals surface area contributed by atoms with Crippen molar-refractivity contribution in [1.82, 2.24) is 14.9 Å². The van der Waals surface area contributed by atoms with Crippen LogP contribution >= 0.6 is 0 Å². The zero-order valence-corrected chi connectivity index (χ0v) is 14.1. The molecule has 1 aromatic carbocycles. The maximum Gasteiger partial charge on any atom is 0.255 e. The van der Waals surface area contributed by atoms with E-state index in [0.717, 1.165) is 31.4 Å². The molecule has 0 bridgehead atoms. The van der Waals surface area contributed by atoms with E-state index in [0.29, 0.717) is 11.5 Å². The van der Waals surface area contributed by atoms with Crippen LogP contribution in [0.4, 0.5) is 0 Å².